The predicted molar refractivity (Wildman–Crippen MR) is 152 cm³/mol. The van der Waals surface area contributed by atoms with Crippen molar-refractivity contribution in [2.24, 2.45) is 0 Å². The number of piperidine rings is 1. The van der Waals surface area contributed by atoms with Crippen LogP contribution in [0.25, 0.3) is 5.57 Å². The van der Waals surface area contributed by atoms with Crippen LogP contribution in [0.4, 0.5) is 5.69 Å². The first kappa shape index (κ1) is 24.7. The zero-order valence-corrected chi connectivity index (χ0v) is 21.8. The summed E-state index contributed by atoms with van der Waals surface area (Å²) < 4.78 is 0. The SMILES string of the molecule is O=C(Nc1ccccc1)c1ccc2c(c1)CCc1cccnc1C2=C1CCN(C(=O)Cc2ccncc2)CC1. The summed E-state index contributed by atoms with van der Waals surface area (Å²) >= 11 is 0. The van der Waals surface area contributed by atoms with Crippen LogP contribution in [0.1, 0.15) is 51.1 Å². The highest BCUT2D eigenvalue weighted by atomic mass is 16.2. The van der Waals surface area contributed by atoms with Crippen LogP contribution >= 0.6 is 0 Å². The molecule has 1 saturated heterocycles. The van der Waals surface area contributed by atoms with E-state index in [1.165, 1.54) is 16.7 Å². The molecule has 2 amide bonds. The van der Waals surface area contributed by atoms with Crippen molar-refractivity contribution in [3.8, 4) is 0 Å². The summed E-state index contributed by atoms with van der Waals surface area (Å²) in [6.45, 7) is 1.38. The Bertz CT molecular complexity index is 1540. The fraction of sp³-hybridized carbons (Fsp3) is 0.212. The lowest BCUT2D eigenvalue weighted by Gasteiger charge is -2.30. The van der Waals surface area contributed by atoms with E-state index in [1.54, 1.807) is 12.4 Å². The third-order valence-electron chi connectivity index (χ3n) is 7.64. The van der Waals surface area contributed by atoms with E-state index in [-0.39, 0.29) is 11.8 Å². The lowest BCUT2D eigenvalue weighted by atomic mass is 9.88. The average Bonchev–Trinajstić information content (AvgIpc) is 3.15. The van der Waals surface area contributed by atoms with E-state index in [4.69, 9.17) is 4.98 Å². The number of aryl methyl sites for hydroxylation is 2. The molecular formula is C33H30N4O2. The van der Waals surface area contributed by atoms with E-state index in [2.05, 4.69) is 22.4 Å². The molecule has 6 heteroatoms. The fourth-order valence-corrected chi connectivity index (χ4v) is 5.59. The Hall–Kier alpha value is -4.58. The van der Waals surface area contributed by atoms with Gasteiger partial charge in [-0.25, -0.2) is 0 Å². The molecule has 0 radical (unpaired) electrons. The molecule has 0 spiro atoms. The molecule has 6 rings (SSSR count). The van der Waals surface area contributed by atoms with E-state index >= 15 is 0 Å². The van der Waals surface area contributed by atoms with Crippen molar-refractivity contribution in [3.63, 3.8) is 0 Å². The molecule has 2 aromatic heterocycles. The Kier molecular flexibility index (Phi) is 7.00. The van der Waals surface area contributed by atoms with Crippen LogP contribution in [0.3, 0.4) is 0 Å². The van der Waals surface area contributed by atoms with E-state index in [0.29, 0.717) is 25.1 Å². The van der Waals surface area contributed by atoms with E-state index in [9.17, 15) is 9.59 Å². The fourth-order valence-electron chi connectivity index (χ4n) is 5.59. The van der Waals surface area contributed by atoms with E-state index < -0.39 is 0 Å². The second-order valence-electron chi connectivity index (χ2n) is 10.1. The minimum absolute atomic E-state index is 0.112. The van der Waals surface area contributed by atoms with Gasteiger partial charge in [-0.05, 0) is 90.4 Å². The Balaban J connectivity index is 1.28. The van der Waals surface area contributed by atoms with Gasteiger partial charge < -0.3 is 10.2 Å². The van der Waals surface area contributed by atoms with Gasteiger partial charge in [0.2, 0.25) is 5.91 Å². The molecule has 39 heavy (non-hydrogen) atoms. The number of amides is 2. The zero-order chi connectivity index (χ0) is 26.6. The van der Waals surface area contributed by atoms with Crippen LogP contribution in [0, 0.1) is 0 Å². The molecule has 0 atom stereocenters. The van der Waals surface area contributed by atoms with Crippen molar-refractivity contribution in [2.45, 2.75) is 32.1 Å². The number of rotatable bonds is 4. The molecule has 0 saturated carbocycles. The second kappa shape index (κ2) is 11.0. The summed E-state index contributed by atoms with van der Waals surface area (Å²) in [7, 11) is 0. The third-order valence-corrected chi connectivity index (χ3v) is 7.64. The number of hydrogen-bond acceptors (Lipinski definition) is 4. The molecule has 0 bridgehead atoms. The Labute approximate surface area is 228 Å². The Morgan fingerprint density at radius 1 is 0.795 bits per heavy atom. The second-order valence-corrected chi connectivity index (χ2v) is 10.1. The lowest BCUT2D eigenvalue weighted by Crippen LogP contribution is -2.37. The number of benzene rings is 2. The molecule has 0 unspecified atom stereocenters. The first-order valence-corrected chi connectivity index (χ1v) is 13.5. The first-order valence-electron chi connectivity index (χ1n) is 13.5. The number of nitrogens with one attached hydrogen (secondary N) is 1. The minimum Gasteiger partial charge on any atom is -0.342 e. The molecule has 1 N–H and O–H groups in total. The summed E-state index contributed by atoms with van der Waals surface area (Å²) in [4.78, 5) is 36.9. The molecule has 1 fully saturated rings. The molecule has 2 aromatic carbocycles. The quantitative estimate of drug-likeness (QED) is 0.391. The minimum atomic E-state index is -0.112. The van der Waals surface area contributed by atoms with Crippen LogP contribution in [0.15, 0.2) is 97.0 Å². The maximum absolute atomic E-state index is 13.0. The number of anilines is 1. The van der Waals surface area contributed by atoms with E-state index in [1.807, 2.05) is 71.8 Å². The van der Waals surface area contributed by atoms with Crippen LogP contribution in [0.5, 0.6) is 0 Å². The first-order chi connectivity index (χ1) is 19.2. The van der Waals surface area contributed by atoms with Gasteiger partial charge in [0.1, 0.15) is 0 Å². The summed E-state index contributed by atoms with van der Waals surface area (Å²) in [5, 5.41) is 3.00. The predicted octanol–water partition coefficient (Wildman–Crippen LogP) is 5.49. The molecule has 4 aromatic rings. The van der Waals surface area contributed by atoms with Gasteiger partial charge in [-0.1, -0.05) is 35.9 Å². The maximum Gasteiger partial charge on any atom is 0.255 e. The summed E-state index contributed by atoms with van der Waals surface area (Å²) in [5.74, 6) is 0.0400. The molecule has 194 valence electrons. The molecule has 3 heterocycles. The average molecular weight is 515 g/mol. The van der Waals surface area contributed by atoms with Crippen molar-refractivity contribution in [3.05, 3.63) is 130 Å². The molecule has 6 nitrogen and oxygen atoms in total. The van der Waals surface area contributed by atoms with Crippen LogP contribution in [0.2, 0.25) is 0 Å². The van der Waals surface area contributed by atoms with Gasteiger partial charge in [-0.15, -0.1) is 0 Å². The molecular weight excluding hydrogens is 484 g/mol. The van der Waals surface area contributed by atoms with Crippen LogP contribution < -0.4 is 5.32 Å². The molecule has 2 aliphatic rings. The Morgan fingerprint density at radius 3 is 2.36 bits per heavy atom. The van der Waals surface area contributed by atoms with Crippen molar-refractivity contribution >= 4 is 23.1 Å². The maximum atomic E-state index is 13.0. The van der Waals surface area contributed by atoms with Gasteiger partial charge in [0.25, 0.3) is 5.91 Å². The highest BCUT2D eigenvalue weighted by Crippen LogP contribution is 2.38. The lowest BCUT2D eigenvalue weighted by molar-refractivity contribution is -0.130. The smallest absolute Gasteiger partial charge is 0.255 e. The number of carbonyl (C=O) groups is 2. The standard InChI is InChI=1S/C33H30N4O2/c38-30(21-23-12-17-34-18-13-23)37-19-14-24(15-20-37)31-29-11-10-27(33(39)36-28-6-2-1-3-7-28)22-26(29)9-8-25-5-4-16-35-32(25)31/h1-7,10-13,16-18,22H,8-9,14-15,19-21H2,(H,36,39). The van der Waals surface area contributed by atoms with E-state index in [0.717, 1.165) is 53.8 Å². The third kappa shape index (κ3) is 5.36. The topological polar surface area (TPSA) is 75.2 Å². The number of hydrogen-bond donors (Lipinski definition) is 1. The number of para-hydroxylation sites is 1. The summed E-state index contributed by atoms with van der Waals surface area (Å²) in [6.07, 6.45) is 9.04. The van der Waals surface area contributed by atoms with Gasteiger partial charge in [0.15, 0.2) is 0 Å². The van der Waals surface area contributed by atoms with Crippen molar-refractivity contribution in [2.75, 3.05) is 18.4 Å². The Morgan fingerprint density at radius 2 is 1.56 bits per heavy atom. The van der Waals surface area contributed by atoms with Gasteiger partial charge in [-0.2, -0.15) is 0 Å². The summed E-state index contributed by atoms with van der Waals surface area (Å²) in [6, 6.07) is 23.5. The van der Waals surface area contributed by atoms with Crippen LogP contribution in [-0.4, -0.2) is 39.8 Å². The summed E-state index contributed by atoms with van der Waals surface area (Å²) in [5.41, 5.74) is 9.48. The highest BCUT2D eigenvalue weighted by Gasteiger charge is 2.27. The number of aromatic nitrogens is 2. The van der Waals surface area contributed by atoms with Gasteiger partial charge in [0, 0.05) is 48.5 Å². The van der Waals surface area contributed by atoms with Crippen molar-refractivity contribution < 1.29 is 9.59 Å². The monoisotopic (exact) mass is 514 g/mol. The van der Waals surface area contributed by atoms with Gasteiger partial charge in [-0.3, -0.25) is 19.6 Å². The number of likely N-dealkylation sites (tertiary alicyclic amines) is 1. The van der Waals surface area contributed by atoms with Crippen molar-refractivity contribution in [1.82, 2.24) is 14.9 Å². The number of carbonyl (C=O) groups excluding carboxylic acids is 2. The van der Waals surface area contributed by atoms with Gasteiger partial charge >= 0.3 is 0 Å². The molecule has 1 aliphatic carbocycles. The highest BCUT2D eigenvalue weighted by molar-refractivity contribution is 6.04. The van der Waals surface area contributed by atoms with Crippen LogP contribution in [-0.2, 0) is 24.1 Å². The molecule has 1 aliphatic heterocycles. The van der Waals surface area contributed by atoms with Gasteiger partial charge in [0.05, 0.1) is 12.1 Å². The largest absolute Gasteiger partial charge is 0.342 e. The van der Waals surface area contributed by atoms with Crippen molar-refractivity contribution in [1.29, 1.82) is 0 Å². The number of fused-ring (bicyclic) bond motifs is 2. The number of nitrogens with zero attached hydrogens (tertiary/aromatic N) is 3. The zero-order valence-electron chi connectivity index (χ0n) is 21.8. The normalized spacial score (nSPS) is 14.7. The number of pyridine rings is 2.